The molecule has 4 heteroatoms. The summed E-state index contributed by atoms with van der Waals surface area (Å²) in [5.74, 6) is -0.567. The lowest BCUT2D eigenvalue weighted by Gasteiger charge is -2.25. The lowest BCUT2D eigenvalue weighted by Crippen LogP contribution is -2.24. The van der Waals surface area contributed by atoms with Crippen LogP contribution >= 0.6 is 0 Å². The van der Waals surface area contributed by atoms with Crippen molar-refractivity contribution in [3.05, 3.63) is 35.4 Å². The molecule has 2 rings (SSSR count). The Kier molecular flexibility index (Phi) is 2.74. The summed E-state index contributed by atoms with van der Waals surface area (Å²) in [6.45, 7) is 0. The molecule has 16 heavy (non-hydrogen) atoms. The van der Waals surface area contributed by atoms with Gasteiger partial charge >= 0.3 is 6.18 Å². The van der Waals surface area contributed by atoms with Gasteiger partial charge < -0.3 is 0 Å². The van der Waals surface area contributed by atoms with Crippen LogP contribution in [0, 0.1) is 5.92 Å². The van der Waals surface area contributed by atoms with E-state index in [-0.39, 0.29) is 17.3 Å². The molecule has 0 heterocycles. The molecule has 0 radical (unpaired) electrons. The fraction of sp³-hybridized carbons (Fsp3) is 0.417. The van der Waals surface area contributed by atoms with Crippen molar-refractivity contribution in [3.8, 4) is 0 Å². The highest BCUT2D eigenvalue weighted by Crippen LogP contribution is 2.36. The van der Waals surface area contributed by atoms with Gasteiger partial charge in [-0.3, -0.25) is 4.79 Å². The van der Waals surface area contributed by atoms with Gasteiger partial charge in [-0.25, -0.2) is 0 Å². The number of benzene rings is 1. The first kappa shape index (κ1) is 11.2. The fourth-order valence-corrected chi connectivity index (χ4v) is 1.84. The van der Waals surface area contributed by atoms with Crippen molar-refractivity contribution >= 4 is 5.78 Å². The Morgan fingerprint density at radius 3 is 2.31 bits per heavy atom. The van der Waals surface area contributed by atoms with Crippen LogP contribution in [0.1, 0.15) is 35.2 Å². The Morgan fingerprint density at radius 1 is 1.19 bits per heavy atom. The van der Waals surface area contributed by atoms with E-state index >= 15 is 0 Å². The number of carbonyl (C=O) groups excluding carboxylic acids is 1. The number of halogens is 3. The number of ketones is 1. The van der Waals surface area contributed by atoms with Crippen molar-refractivity contribution in [2.45, 2.75) is 25.4 Å². The molecule has 0 bridgehead atoms. The SMILES string of the molecule is O=C(c1ccccc1C(F)(F)F)C1CCC1. The van der Waals surface area contributed by atoms with Crippen LogP contribution in [0.3, 0.4) is 0 Å². The van der Waals surface area contributed by atoms with E-state index in [0.29, 0.717) is 12.8 Å². The van der Waals surface area contributed by atoms with Crippen LogP contribution in [0.25, 0.3) is 0 Å². The number of rotatable bonds is 2. The summed E-state index contributed by atoms with van der Waals surface area (Å²) in [5.41, 5.74) is -0.994. The second-order valence-electron chi connectivity index (χ2n) is 4.04. The Labute approximate surface area is 91.3 Å². The van der Waals surface area contributed by atoms with Gasteiger partial charge in [0, 0.05) is 11.5 Å². The molecule has 1 aromatic rings. The topological polar surface area (TPSA) is 17.1 Å². The Hall–Kier alpha value is -1.32. The Morgan fingerprint density at radius 2 is 1.81 bits per heavy atom. The van der Waals surface area contributed by atoms with Gasteiger partial charge in [0.05, 0.1) is 5.56 Å². The largest absolute Gasteiger partial charge is 0.417 e. The van der Waals surface area contributed by atoms with Crippen LogP contribution in [0.2, 0.25) is 0 Å². The molecule has 0 aliphatic heterocycles. The van der Waals surface area contributed by atoms with Gasteiger partial charge in [-0.15, -0.1) is 0 Å². The Bertz CT molecular complexity index is 405. The summed E-state index contributed by atoms with van der Waals surface area (Å²) in [4.78, 5) is 11.8. The second kappa shape index (κ2) is 3.92. The third kappa shape index (κ3) is 1.96. The molecule has 1 aromatic carbocycles. The molecule has 0 saturated heterocycles. The van der Waals surface area contributed by atoms with Crippen LogP contribution < -0.4 is 0 Å². The minimum Gasteiger partial charge on any atom is -0.294 e. The molecule has 86 valence electrons. The highest BCUT2D eigenvalue weighted by molar-refractivity contribution is 5.99. The van der Waals surface area contributed by atoms with E-state index in [0.717, 1.165) is 12.5 Å². The molecular weight excluding hydrogens is 217 g/mol. The molecule has 1 nitrogen and oxygen atoms in total. The van der Waals surface area contributed by atoms with Crippen LogP contribution in [-0.2, 0) is 6.18 Å². The van der Waals surface area contributed by atoms with E-state index in [1.165, 1.54) is 18.2 Å². The molecule has 0 unspecified atom stereocenters. The molecule has 0 spiro atoms. The van der Waals surface area contributed by atoms with Crippen molar-refractivity contribution < 1.29 is 18.0 Å². The van der Waals surface area contributed by atoms with Crippen LogP contribution in [0.15, 0.2) is 24.3 Å². The van der Waals surface area contributed by atoms with Gasteiger partial charge in [-0.2, -0.15) is 13.2 Å². The average Bonchev–Trinajstić information content (AvgIpc) is 2.13. The van der Waals surface area contributed by atoms with Crippen molar-refractivity contribution in [2.24, 2.45) is 5.92 Å². The smallest absolute Gasteiger partial charge is 0.294 e. The molecular formula is C12H11F3O. The lowest BCUT2D eigenvalue weighted by molar-refractivity contribution is -0.138. The van der Waals surface area contributed by atoms with Crippen LogP contribution in [-0.4, -0.2) is 5.78 Å². The van der Waals surface area contributed by atoms with Crippen molar-refractivity contribution in [1.29, 1.82) is 0 Å². The molecule has 0 amide bonds. The summed E-state index contributed by atoms with van der Waals surface area (Å²) < 4.78 is 37.9. The predicted octanol–water partition coefficient (Wildman–Crippen LogP) is 3.69. The quantitative estimate of drug-likeness (QED) is 0.705. The first-order valence-electron chi connectivity index (χ1n) is 5.20. The lowest BCUT2D eigenvalue weighted by atomic mass is 9.79. The van der Waals surface area contributed by atoms with E-state index in [9.17, 15) is 18.0 Å². The van der Waals surface area contributed by atoms with Gasteiger partial charge in [0.1, 0.15) is 0 Å². The second-order valence-corrected chi connectivity index (χ2v) is 4.04. The minimum atomic E-state index is -4.45. The van der Waals surface area contributed by atoms with Gasteiger partial charge in [-0.1, -0.05) is 24.6 Å². The fourth-order valence-electron chi connectivity index (χ4n) is 1.84. The van der Waals surface area contributed by atoms with E-state index in [1.54, 1.807) is 0 Å². The number of carbonyl (C=O) groups is 1. The molecule has 0 N–H and O–H groups in total. The first-order valence-corrected chi connectivity index (χ1v) is 5.20. The zero-order valence-electron chi connectivity index (χ0n) is 8.55. The predicted molar refractivity (Wildman–Crippen MR) is 53.1 cm³/mol. The molecule has 0 atom stereocenters. The average molecular weight is 228 g/mol. The maximum absolute atomic E-state index is 12.6. The van der Waals surface area contributed by atoms with E-state index in [4.69, 9.17) is 0 Å². The summed E-state index contributed by atoms with van der Waals surface area (Å²) in [7, 11) is 0. The van der Waals surface area contributed by atoms with Gasteiger partial charge in [0.25, 0.3) is 0 Å². The van der Waals surface area contributed by atoms with E-state index < -0.39 is 11.7 Å². The van der Waals surface area contributed by atoms with Crippen molar-refractivity contribution in [2.75, 3.05) is 0 Å². The third-order valence-corrected chi connectivity index (χ3v) is 2.97. The van der Waals surface area contributed by atoms with Crippen molar-refractivity contribution in [1.82, 2.24) is 0 Å². The molecule has 0 aromatic heterocycles. The summed E-state index contributed by atoms with van der Waals surface area (Å²) in [6, 6.07) is 5.01. The zero-order chi connectivity index (χ0) is 11.8. The standard InChI is InChI=1S/C12H11F3O/c13-12(14,15)10-7-2-1-6-9(10)11(16)8-4-3-5-8/h1-2,6-8H,3-5H2. The maximum atomic E-state index is 12.6. The van der Waals surface area contributed by atoms with E-state index in [2.05, 4.69) is 0 Å². The Balaban J connectivity index is 2.36. The maximum Gasteiger partial charge on any atom is 0.417 e. The first-order chi connectivity index (χ1) is 7.50. The molecule has 1 aliphatic rings. The van der Waals surface area contributed by atoms with E-state index in [1.807, 2.05) is 0 Å². The molecule has 1 saturated carbocycles. The molecule has 1 fully saturated rings. The normalized spacial score (nSPS) is 16.9. The summed E-state index contributed by atoms with van der Waals surface area (Å²) in [6.07, 6.45) is -2.09. The van der Waals surface area contributed by atoms with Gasteiger partial charge in [0.15, 0.2) is 5.78 Å². The summed E-state index contributed by atoms with van der Waals surface area (Å²) in [5, 5.41) is 0. The summed E-state index contributed by atoms with van der Waals surface area (Å²) >= 11 is 0. The van der Waals surface area contributed by atoms with Crippen molar-refractivity contribution in [3.63, 3.8) is 0 Å². The number of hydrogen-bond donors (Lipinski definition) is 0. The van der Waals surface area contributed by atoms with Crippen LogP contribution in [0.4, 0.5) is 13.2 Å². The number of Topliss-reactive ketones (excluding diaryl/α,β-unsaturated/α-hetero) is 1. The monoisotopic (exact) mass is 228 g/mol. The van der Waals surface area contributed by atoms with Crippen LogP contribution in [0.5, 0.6) is 0 Å². The minimum absolute atomic E-state index is 0.181. The van der Waals surface area contributed by atoms with Gasteiger partial charge in [-0.05, 0) is 18.9 Å². The molecule has 1 aliphatic carbocycles. The zero-order valence-corrected chi connectivity index (χ0v) is 8.55. The number of hydrogen-bond acceptors (Lipinski definition) is 1. The number of alkyl halides is 3. The van der Waals surface area contributed by atoms with Gasteiger partial charge in [0.2, 0.25) is 0 Å². The highest BCUT2D eigenvalue weighted by Gasteiger charge is 2.37. The third-order valence-electron chi connectivity index (χ3n) is 2.97. The highest BCUT2D eigenvalue weighted by atomic mass is 19.4.